The van der Waals surface area contributed by atoms with Crippen molar-refractivity contribution in [3.8, 4) is 0 Å². The Morgan fingerprint density at radius 3 is 2.51 bits per heavy atom. The number of hydrogen-bond donors (Lipinski definition) is 1. The van der Waals surface area contributed by atoms with E-state index in [9.17, 15) is 4.79 Å². The van der Waals surface area contributed by atoms with Gasteiger partial charge in [0.25, 0.3) is 0 Å². The fourth-order valence-corrected chi connectivity index (χ4v) is 5.54. The van der Waals surface area contributed by atoms with E-state index in [1.165, 1.54) is 11.8 Å². The molecule has 1 N–H and O–H groups in total. The van der Waals surface area contributed by atoms with E-state index in [-0.39, 0.29) is 0 Å². The average molecular weight is 539 g/mol. The average Bonchev–Trinajstić information content (AvgIpc) is 3.66. The molecule has 1 saturated heterocycles. The van der Waals surface area contributed by atoms with Crippen LogP contribution in [0.25, 0.3) is 0 Å². The van der Waals surface area contributed by atoms with E-state index < -0.39 is 0 Å². The molecule has 196 valence electrons. The molecule has 0 atom stereocenters. The van der Waals surface area contributed by atoms with E-state index in [1.54, 1.807) is 11.3 Å². The van der Waals surface area contributed by atoms with Crippen molar-refractivity contribution < 1.29 is 4.79 Å². The second kappa shape index (κ2) is 11.8. The topological polar surface area (TPSA) is 90.4 Å². The van der Waals surface area contributed by atoms with E-state index in [4.69, 9.17) is 15.0 Å². The number of piperazine rings is 1. The second-order valence-electron chi connectivity index (χ2n) is 9.94. The largest absolute Gasteiger partial charge is 0.338 e. The lowest BCUT2D eigenvalue weighted by Crippen LogP contribution is -2.48. The Balaban J connectivity index is 1.30. The molecule has 5 rings (SSSR count). The molecule has 0 unspecified atom stereocenters. The van der Waals surface area contributed by atoms with Gasteiger partial charge in [0.1, 0.15) is 5.78 Å². The summed E-state index contributed by atoms with van der Waals surface area (Å²) in [6, 6.07) is 8.17. The quantitative estimate of drug-likeness (QED) is 0.389. The molecule has 1 aliphatic heterocycles. The van der Waals surface area contributed by atoms with Gasteiger partial charge in [-0.15, -0.1) is 11.3 Å². The zero-order valence-electron chi connectivity index (χ0n) is 21.7. The fourth-order valence-electron chi connectivity index (χ4n) is 4.14. The predicted molar refractivity (Wildman–Crippen MR) is 149 cm³/mol. The number of nitrogens with zero attached hydrogens (tertiary/aromatic N) is 7. The lowest BCUT2D eigenvalue weighted by Gasteiger charge is -2.35. The lowest BCUT2D eigenvalue weighted by atomic mass is 10.1. The van der Waals surface area contributed by atoms with E-state index in [1.807, 2.05) is 37.4 Å². The minimum Gasteiger partial charge on any atom is -0.338 e. The highest BCUT2D eigenvalue weighted by Gasteiger charge is 2.29. The first kappa shape index (κ1) is 26.0. The van der Waals surface area contributed by atoms with Crippen molar-refractivity contribution in [2.45, 2.75) is 36.2 Å². The molecule has 1 aliphatic carbocycles. The number of rotatable bonds is 11. The summed E-state index contributed by atoms with van der Waals surface area (Å²) in [5.74, 6) is 1.84. The van der Waals surface area contributed by atoms with E-state index >= 15 is 0 Å². The van der Waals surface area contributed by atoms with Gasteiger partial charge in [-0.1, -0.05) is 12.1 Å². The van der Waals surface area contributed by atoms with Gasteiger partial charge in [-0.3, -0.25) is 15.0 Å². The third-order valence-corrected chi connectivity index (χ3v) is 8.21. The van der Waals surface area contributed by atoms with Gasteiger partial charge >= 0.3 is 0 Å². The first-order valence-electron chi connectivity index (χ1n) is 12.8. The number of carbonyl (C=O) groups excluding carboxylic acids is 1. The van der Waals surface area contributed by atoms with Crippen molar-refractivity contribution in [2.75, 3.05) is 63.6 Å². The van der Waals surface area contributed by atoms with Crippen LogP contribution < -0.4 is 10.2 Å². The van der Waals surface area contributed by atoms with Crippen molar-refractivity contribution in [1.29, 1.82) is 0 Å². The molecule has 0 spiro atoms. The van der Waals surface area contributed by atoms with Crippen LogP contribution in [0.5, 0.6) is 0 Å². The summed E-state index contributed by atoms with van der Waals surface area (Å²) in [5.41, 5.74) is 1.06. The number of nitrogens with one attached hydrogen (secondary N) is 1. The van der Waals surface area contributed by atoms with Crippen LogP contribution in [-0.4, -0.2) is 88.9 Å². The molecule has 1 saturated carbocycles. The standard InChI is InChI=1S/C26H34N8OS2/c1-18-17-27-25(36-18)29-23-28-24(34-14-12-33(13-15-34)11-10-32(2)3)31-26(30-23)37-21-8-4-19(5-9-21)16-22(35)20-6-7-20/h4-5,8-9,17,20H,6-7,10-16H2,1-3H3,(H,27,28,29,30,31). The molecular formula is C26H34N8OS2. The predicted octanol–water partition coefficient (Wildman–Crippen LogP) is 3.74. The second-order valence-corrected chi connectivity index (χ2v) is 12.2. The van der Waals surface area contributed by atoms with Gasteiger partial charge < -0.3 is 9.80 Å². The maximum absolute atomic E-state index is 12.2. The number of aryl methyl sites for hydroxylation is 1. The summed E-state index contributed by atoms with van der Waals surface area (Å²) >= 11 is 3.08. The first-order valence-corrected chi connectivity index (χ1v) is 14.4. The zero-order valence-corrected chi connectivity index (χ0v) is 23.3. The Kier molecular flexibility index (Phi) is 8.33. The molecule has 0 amide bonds. The lowest BCUT2D eigenvalue weighted by molar-refractivity contribution is -0.119. The smallest absolute Gasteiger partial charge is 0.234 e. The number of likely N-dealkylation sites (N-methyl/N-ethyl adjacent to an activating group) is 1. The summed E-state index contributed by atoms with van der Waals surface area (Å²) < 4.78 is 0. The summed E-state index contributed by atoms with van der Waals surface area (Å²) in [6.07, 6.45) is 4.47. The number of anilines is 3. The van der Waals surface area contributed by atoms with Crippen molar-refractivity contribution in [3.63, 3.8) is 0 Å². The van der Waals surface area contributed by atoms with Crippen LogP contribution in [0.1, 0.15) is 23.3 Å². The van der Waals surface area contributed by atoms with Crippen LogP contribution in [0.3, 0.4) is 0 Å². The van der Waals surface area contributed by atoms with Gasteiger partial charge in [-0.05, 0) is 63.3 Å². The number of Topliss-reactive ketones (excluding diaryl/α,β-unsaturated/α-hetero) is 1. The SMILES string of the molecule is Cc1cnc(Nc2nc(Sc3ccc(CC(=O)C4CC4)cc3)nc(N3CCN(CCN(C)C)CC3)n2)s1. The minimum atomic E-state index is 0.292. The molecule has 11 heteroatoms. The van der Waals surface area contributed by atoms with E-state index in [2.05, 4.69) is 39.1 Å². The third-order valence-electron chi connectivity index (χ3n) is 6.51. The van der Waals surface area contributed by atoms with Crippen molar-refractivity contribution in [2.24, 2.45) is 5.92 Å². The fraction of sp³-hybridized carbons (Fsp3) is 0.500. The molecule has 3 heterocycles. The number of thiazole rings is 1. The molecule has 9 nitrogen and oxygen atoms in total. The molecule has 1 aromatic carbocycles. The Labute approximate surface area is 226 Å². The van der Waals surface area contributed by atoms with Crippen LogP contribution in [0.2, 0.25) is 0 Å². The highest BCUT2D eigenvalue weighted by molar-refractivity contribution is 7.99. The van der Waals surface area contributed by atoms with Crippen LogP contribution >= 0.6 is 23.1 Å². The van der Waals surface area contributed by atoms with Crippen LogP contribution in [0.4, 0.5) is 17.0 Å². The number of hydrogen-bond acceptors (Lipinski definition) is 11. The molecular weight excluding hydrogens is 504 g/mol. The third kappa shape index (κ3) is 7.47. The van der Waals surface area contributed by atoms with Crippen LogP contribution in [-0.2, 0) is 11.2 Å². The number of benzene rings is 1. The van der Waals surface area contributed by atoms with E-state index in [0.29, 0.717) is 35.2 Å². The molecule has 37 heavy (non-hydrogen) atoms. The molecule has 2 fully saturated rings. The maximum atomic E-state index is 12.2. The Bertz CT molecular complexity index is 1200. The summed E-state index contributed by atoms with van der Waals surface area (Å²) in [6.45, 7) is 7.87. The zero-order chi connectivity index (χ0) is 25.8. The Morgan fingerprint density at radius 1 is 1.11 bits per heavy atom. The first-order chi connectivity index (χ1) is 17.9. The van der Waals surface area contributed by atoms with Gasteiger partial charge in [0.05, 0.1) is 0 Å². The maximum Gasteiger partial charge on any atom is 0.234 e. The van der Waals surface area contributed by atoms with Crippen molar-refractivity contribution >= 4 is 45.9 Å². The highest BCUT2D eigenvalue weighted by Crippen LogP contribution is 2.32. The molecule has 3 aromatic rings. The molecule has 0 radical (unpaired) electrons. The number of ketones is 1. The minimum absolute atomic E-state index is 0.292. The van der Waals surface area contributed by atoms with Gasteiger partial charge in [-0.2, -0.15) is 15.0 Å². The Hall–Kier alpha value is -2.60. The van der Waals surface area contributed by atoms with Gasteiger partial charge in [-0.25, -0.2) is 4.98 Å². The summed E-state index contributed by atoms with van der Waals surface area (Å²) in [7, 11) is 4.22. The van der Waals surface area contributed by atoms with Crippen molar-refractivity contribution in [1.82, 2.24) is 29.7 Å². The monoisotopic (exact) mass is 538 g/mol. The molecule has 0 bridgehead atoms. The van der Waals surface area contributed by atoms with Crippen LogP contribution in [0, 0.1) is 12.8 Å². The van der Waals surface area contributed by atoms with Crippen molar-refractivity contribution in [3.05, 3.63) is 40.9 Å². The van der Waals surface area contributed by atoms with Crippen LogP contribution in [0.15, 0.2) is 40.5 Å². The summed E-state index contributed by atoms with van der Waals surface area (Å²) in [4.78, 5) is 39.9. The van der Waals surface area contributed by atoms with Gasteiger partial charge in [0, 0.05) is 67.6 Å². The molecule has 2 aliphatic rings. The Morgan fingerprint density at radius 2 is 1.86 bits per heavy atom. The van der Waals surface area contributed by atoms with Gasteiger partial charge in [0.15, 0.2) is 10.3 Å². The highest BCUT2D eigenvalue weighted by atomic mass is 32.2. The normalized spacial score (nSPS) is 16.4. The number of aromatic nitrogens is 4. The van der Waals surface area contributed by atoms with E-state index in [0.717, 1.165) is 72.6 Å². The number of carbonyl (C=O) groups is 1. The van der Waals surface area contributed by atoms with Gasteiger partial charge in [0.2, 0.25) is 11.9 Å². The summed E-state index contributed by atoms with van der Waals surface area (Å²) in [5, 5.41) is 4.67. The molecule has 2 aromatic heterocycles.